The van der Waals surface area contributed by atoms with Crippen LogP contribution in [0.25, 0.3) is 10.9 Å². The fraction of sp³-hybridized carbons (Fsp3) is 0.467. The first-order valence-electron chi connectivity index (χ1n) is 6.64. The summed E-state index contributed by atoms with van der Waals surface area (Å²) in [7, 11) is 0. The number of benzene rings is 1. The van der Waals surface area contributed by atoms with Gasteiger partial charge in [-0.1, -0.05) is 6.92 Å². The minimum absolute atomic E-state index is 0.723. The van der Waals surface area contributed by atoms with Crippen molar-refractivity contribution < 1.29 is 4.74 Å². The molecule has 2 nitrogen and oxygen atoms in total. The molecule has 98 valence electrons. The third-order valence-corrected chi connectivity index (χ3v) is 3.93. The SMILES string of the molecule is CCOc1ccc2c(ccn2CCCSCC)c1. The number of nitrogens with zero attached hydrogens (tertiary/aromatic N) is 1. The average Bonchev–Trinajstić information content (AvgIpc) is 2.78. The zero-order valence-electron chi connectivity index (χ0n) is 11.2. The number of rotatable bonds is 7. The van der Waals surface area contributed by atoms with E-state index in [1.165, 1.54) is 28.8 Å². The van der Waals surface area contributed by atoms with Gasteiger partial charge in [-0.05, 0) is 49.1 Å². The van der Waals surface area contributed by atoms with Gasteiger partial charge in [0, 0.05) is 23.6 Å². The molecule has 3 heteroatoms. The Balaban J connectivity index is 2.06. The van der Waals surface area contributed by atoms with Gasteiger partial charge in [-0.3, -0.25) is 0 Å². The summed E-state index contributed by atoms with van der Waals surface area (Å²) in [4.78, 5) is 0. The van der Waals surface area contributed by atoms with E-state index in [2.05, 4.69) is 42.0 Å². The Morgan fingerprint density at radius 1 is 1.22 bits per heavy atom. The van der Waals surface area contributed by atoms with Crippen LogP contribution in [0.4, 0.5) is 0 Å². The van der Waals surface area contributed by atoms with Crippen LogP contribution in [0.2, 0.25) is 0 Å². The molecule has 0 unspecified atom stereocenters. The summed E-state index contributed by atoms with van der Waals surface area (Å²) in [5, 5.41) is 1.27. The molecule has 0 radical (unpaired) electrons. The molecule has 1 aromatic carbocycles. The van der Waals surface area contributed by atoms with E-state index in [-0.39, 0.29) is 0 Å². The van der Waals surface area contributed by atoms with Crippen LogP contribution in [0.1, 0.15) is 20.3 Å². The number of hydrogen-bond acceptors (Lipinski definition) is 2. The maximum absolute atomic E-state index is 5.52. The molecule has 0 amide bonds. The predicted molar refractivity (Wildman–Crippen MR) is 80.7 cm³/mol. The molecule has 0 aliphatic heterocycles. The summed E-state index contributed by atoms with van der Waals surface area (Å²) in [6.07, 6.45) is 3.41. The number of fused-ring (bicyclic) bond motifs is 1. The van der Waals surface area contributed by atoms with Gasteiger partial charge in [-0.2, -0.15) is 11.8 Å². The topological polar surface area (TPSA) is 14.2 Å². The van der Waals surface area contributed by atoms with Crippen LogP contribution in [0.15, 0.2) is 30.5 Å². The van der Waals surface area contributed by atoms with E-state index in [0.717, 1.165) is 18.9 Å². The molecule has 0 fully saturated rings. The van der Waals surface area contributed by atoms with Crippen molar-refractivity contribution in [1.82, 2.24) is 4.57 Å². The summed E-state index contributed by atoms with van der Waals surface area (Å²) in [5.74, 6) is 3.42. The number of hydrogen-bond donors (Lipinski definition) is 0. The molecule has 0 saturated heterocycles. The van der Waals surface area contributed by atoms with Crippen LogP contribution >= 0.6 is 11.8 Å². The van der Waals surface area contributed by atoms with Gasteiger partial charge in [0.1, 0.15) is 5.75 Å². The fourth-order valence-electron chi connectivity index (χ4n) is 2.11. The van der Waals surface area contributed by atoms with E-state index in [1.54, 1.807) is 0 Å². The Bertz CT molecular complexity index is 492. The van der Waals surface area contributed by atoms with E-state index >= 15 is 0 Å². The van der Waals surface area contributed by atoms with Crippen molar-refractivity contribution in [3.63, 3.8) is 0 Å². The minimum Gasteiger partial charge on any atom is -0.494 e. The smallest absolute Gasteiger partial charge is 0.120 e. The Morgan fingerprint density at radius 2 is 2.11 bits per heavy atom. The largest absolute Gasteiger partial charge is 0.494 e. The van der Waals surface area contributed by atoms with E-state index in [4.69, 9.17) is 4.74 Å². The maximum Gasteiger partial charge on any atom is 0.120 e. The van der Waals surface area contributed by atoms with Crippen LogP contribution in [0.3, 0.4) is 0 Å². The molecule has 0 aliphatic rings. The Hall–Kier alpha value is -1.09. The van der Waals surface area contributed by atoms with Crippen molar-refractivity contribution in [2.75, 3.05) is 18.1 Å². The second kappa shape index (κ2) is 6.74. The highest BCUT2D eigenvalue weighted by atomic mass is 32.2. The average molecular weight is 263 g/mol. The first-order valence-corrected chi connectivity index (χ1v) is 7.80. The lowest BCUT2D eigenvalue weighted by Crippen LogP contribution is -1.97. The lowest BCUT2D eigenvalue weighted by molar-refractivity contribution is 0.340. The molecule has 0 atom stereocenters. The zero-order valence-corrected chi connectivity index (χ0v) is 12.0. The quantitative estimate of drug-likeness (QED) is 0.696. The number of thioether (sulfide) groups is 1. The molecule has 18 heavy (non-hydrogen) atoms. The van der Waals surface area contributed by atoms with Gasteiger partial charge in [0.25, 0.3) is 0 Å². The lowest BCUT2D eigenvalue weighted by Gasteiger charge is -2.06. The molecular formula is C15H21NOS. The van der Waals surface area contributed by atoms with Gasteiger partial charge in [-0.25, -0.2) is 0 Å². The van der Waals surface area contributed by atoms with E-state index < -0.39 is 0 Å². The summed E-state index contributed by atoms with van der Waals surface area (Å²) in [5.41, 5.74) is 1.31. The molecule has 1 aromatic heterocycles. The standard InChI is InChI=1S/C15H21NOS/c1-3-17-14-6-7-15-13(12-14)8-10-16(15)9-5-11-18-4-2/h6-8,10,12H,3-5,9,11H2,1-2H3. The Labute approximate surface area is 113 Å². The normalized spacial score (nSPS) is 11.0. The van der Waals surface area contributed by atoms with Crippen molar-refractivity contribution in [1.29, 1.82) is 0 Å². The van der Waals surface area contributed by atoms with Gasteiger partial charge in [0.05, 0.1) is 6.61 Å². The highest BCUT2D eigenvalue weighted by Crippen LogP contribution is 2.22. The van der Waals surface area contributed by atoms with E-state index in [9.17, 15) is 0 Å². The van der Waals surface area contributed by atoms with E-state index in [0.29, 0.717) is 0 Å². The van der Waals surface area contributed by atoms with Gasteiger partial charge in [0.2, 0.25) is 0 Å². The number of ether oxygens (including phenoxy) is 1. The highest BCUT2D eigenvalue weighted by molar-refractivity contribution is 7.99. The minimum atomic E-state index is 0.723. The van der Waals surface area contributed by atoms with Gasteiger partial charge in [0.15, 0.2) is 0 Å². The molecule has 0 saturated carbocycles. The number of aryl methyl sites for hydroxylation is 1. The van der Waals surface area contributed by atoms with E-state index in [1.807, 2.05) is 18.7 Å². The van der Waals surface area contributed by atoms with Crippen LogP contribution in [0.5, 0.6) is 5.75 Å². The Morgan fingerprint density at radius 3 is 2.89 bits per heavy atom. The molecular weight excluding hydrogens is 242 g/mol. The van der Waals surface area contributed by atoms with Crippen molar-refractivity contribution in [2.45, 2.75) is 26.8 Å². The molecule has 0 spiro atoms. The molecule has 2 aromatic rings. The molecule has 1 heterocycles. The van der Waals surface area contributed by atoms with Gasteiger partial charge < -0.3 is 9.30 Å². The molecule has 0 N–H and O–H groups in total. The Kier molecular flexibility index (Phi) is 5.00. The van der Waals surface area contributed by atoms with Crippen molar-refractivity contribution >= 4 is 22.7 Å². The maximum atomic E-state index is 5.52. The zero-order chi connectivity index (χ0) is 12.8. The van der Waals surface area contributed by atoms with Crippen LogP contribution in [-0.4, -0.2) is 22.7 Å². The van der Waals surface area contributed by atoms with Crippen molar-refractivity contribution in [3.05, 3.63) is 30.5 Å². The second-order valence-corrected chi connectivity index (χ2v) is 5.61. The summed E-state index contributed by atoms with van der Waals surface area (Å²) < 4.78 is 7.86. The van der Waals surface area contributed by atoms with Gasteiger partial charge in [-0.15, -0.1) is 0 Å². The number of aromatic nitrogens is 1. The van der Waals surface area contributed by atoms with Crippen LogP contribution in [0, 0.1) is 0 Å². The highest BCUT2D eigenvalue weighted by Gasteiger charge is 2.02. The third kappa shape index (κ3) is 3.22. The summed E-state index contributed by atoms with van der Waals surface area (Å²) >= 11 is 2.01. The third-order valence-electron chi connectivity index (χ3n) is 2.95. The van der Waals surface area contributed by atoms with Crippen molar-refractivity contribution in [3.8, 4) is 5.75 Å². The lowest BCUT2D eigenvalue weighted by atomic mass is 10.2. The predicted octanol–water partition coefficient (Wildman–Crippen LogP) is 4.18. The second-order valence-electron chi connectivity index (χ2n) is 4.21. The molecule has 0 aliphatic carbocycles. The molecule has 0 bridgehead atoms. The first kappa shape index (κ1) is 13.3. The van der Waals surface area contributed by atoms with Crippen LogP contribution < -0.4 is 4.74 Å². The van der Waals surface area contributed by atoms with Crippen molar-refractivity contribution in [2.24, 2.45) is 0 Å². The molecule has 2 rings (SSSR count). The van der Waals surface area contributed by atoms with Gasteiger partial charge >= 0.3 is 0 Å². The monoisotopic (exact) mass is 263 g/mol. The summed E-state index contributed by atoms with van der Waals surface area (Å²) in [6.45, 7) is 6.05. The van der Waals surface area contributed by atoms with Crippen LogP contribution in [-0.2, 0) is 6.54 Å². The summed E-state index contributed by atoms with van der Waals surface area (Å²) in [6, 6.07) is 8.51. The fourth-order valence-corrected chi connectivity index (χ4v) is 2.73. The first-order chi connectivity index (χ1) is 8.85.